The van der Waals surface area contributed by atoms with Crippen LogP contribution in [0.4, 0.5) is 4.39 Å². The summed E-state index contributed by atoms with van der Waals surface area (Å²) < 4.78 is 13.0. The van der Waals surface area contributed by atoms with Gasteiger partial charge in [-0.25, -0.2) is 4.39 Å². The number of primary amides is 1. The van der Waals surface area contributed by atoms with Gasteiger partial charge in [-0.05, 0) is 29.8 Å². The van der Waals surface area contributed by atoms with Crippen molar-refractivity contribution in [1.82, 2.24) is 10.3 Å². The fourth-order valence-electron chi connectivity index (χ4n) is 2.61. The molecule has 0 radical (unpaired) electrons. The first-order valence-electron chi connectivity index (χ1n) is 7.73. The molecule has 0 bridgehead atoms. The third kappa shape index (κ3) is 3.80. The van der Waals surface area contributed by atoms with Crippen LogP contribution in [0, 0.1) is 5.82 Å². The lowest BCUT2D eigenvalue weighted by Crippen LogP contribution is -2.45. The Morgan fingerprint density at radius 1 is 1.08 bits per heavy atom. The summed E-state index contributed by atoms with van der Waals surface area (Å²) in [5.74, 6) is -1.44. The monoisotopic (exact) mass is 337 g/mol. The van der Waals surface area contributed by atoms with E-state index in [0.717, 1.165) is 0 Å². The van der Waals surface area contributed by atoms with E-state index in [4.69, 9.17) is 5.73 Å². The van der Waals surface area contributed by atoms with Gasteiger partial charge in [0.2, 0.25) is 5.91 Å². The van der Waals surface area contributed by atoms with Crippen LogP contribution >= 0.6 is 0 Å². The summed E-state index contributed by atoms with van der Waals surface area (Å²) in [5.41, 5.74) is 7.21. The predicted octanol–water partition coefficient (Wildman–Crippen LogP) is 2.20. The highest BCUT2D eigenvalue weighted by Gasteiger charge is 2.20. The summed E-state index contributed by atoms with van der Waals surface area (Å²) in [6.45, 7) is 0. The smallest absolute Gasteiger partial charge is 0.252 e. The molecular formula is C19H16FN3O2. The maximum absolute atomic E-state index is 13.0. The lowest BCUT2D eigenvalue weighted by Gasteiger charge is -2.16. The SMILES string of the molecule is NC(=O)[C@H](Cc1ccc(F)cc1)NC(=O)c1ccnc2ccccc12. The zero-order valence-electron chi connectivity index (χ0n) is 13.3. The number of amides is 2. The largest absolute Gasteiger partial charge is 0.368 e. The Labute approximate surface area is 143 Å². The molecule has 126 valence electrons. The van der Waals surface area contributed by atoms with Crippen LogP contribution in [0.25, 0.3) is 10.9 Å². The number of aromatic nitrogens is 1. The van der Waals surface area contributed by atoms with E-state index in [-0.39, 0.29) is 12.2 Å². The highest BCUT2D eigenvalue weighted by Crippen LogP contribution is 2.16. The molecule has 6 heteroatoms. The molecule has 25 heavy (non-hydrogen) atoms. The highest BCUT2D eigenvalue weighted by molar-refractivity contribution is 6.07. The Kier molecular flexibility index (Phi) is 4.70. The number of para-hydroxylation sites is 1. The van der Waals surface area contributed by atoms with E-state index in [1.54, 1.807) is 30.3 Å². The van der Waals surface area contributed by atoms with E-state index in [1.807, 2.05) is 12.1 Å². The van der Waals surface area contributed by atoms with E-state index >= 15 is 0 Å². The molecule has 2 aromatic carbocycles. The fourth-order valence-corrected chi connectivity index (χ4v) is 2.61. The van der Waals surface area contributed by atoms with Gasteiger partial charge in [0, 0.05) is 18.0 Å². The first-order chi connectivity index (χ1) is 12.0. The first-order valence-corrected chi connectivity index (χ1v) is 7.73. The van der Waals surface area contributed by atoms with Crippen LogP contribution in [0.1, 0.15) is 15.9 Å². The van der Waals surface area contributed by atoms with E-state index in [2.05, 4.69) is 10.3 Å². The zero-order valence-corrected chi connectivity index (χ0v) is 13.3. The Morgan fingerprint density at radius 3 is 2.52 bits per heavy atom. The van der Waals surface area contributed by atoms with Crippen LogP contribution < -0.4 is 11.1 Å². The molecule has 5 nitrogen and oxygen atoms in total. The van der Waals surface area contributed by atoms with Gasteiger partial charge in [-0.2, -0.15) is 0 Å². The third-order valence-corrected chi connectivity index (χ3v) is 3.90. The number of pyridine rings is 1. The molecule has 0 aliphatic rings. The number of fused-ring (bicyclic) bond motifs is 1. The number of nitrogens with one attached hydrogen (secondary N) is 1. The van der Waals surface area contributed by atoms with Crippen molar-refractivity contribution < 1.29 is 14.0 Å². The topological polar surface area (TPSA) is 85.1 Å². The van der Waals surface area contributed by atoms with Crippen molar-refractivity contribution in [3.63, 3.8) is 0 Å². The number of hydrogen-bond donors (Lipinski definition) is 2. The fraction of sp³-hybridized carbons (Fsp3) is 0.105. The minimum absolute atomic E-state index is 0.185. The van der Waals surface area contributed by atoms with E-state index < -0.39 is 17.9 Å². The molecule has 2 amide bonds. The molecule has 0 saturated carbocycles. The lowest BCUT2D eigenvalue weighted by atomic mass is 10.0. The number of halogens is 1. The molecule has 0 aliphatic carbocycles. The second-order valence-corrected chi connectivity index (χ2v) is 5.63. The van der Waals surface area contributed by atoms with Gasteiger partial charge in [-0.15, -0.1) is 0 Å². The second kappa shape index (κ2) is 7.09. The van der Waals surface area contributed by atoms with Gasteiger partial charge in [-0.1, -0.05) is 30.3 Å². The summed E-state index contributed by atoms with van der Waals surface area (Å²) >= 11 is 0. The molecule has 0 saturated heterocycles. The molecule has 1 heterocycles. The highest BCUT2D eigenvalue weighted by atomic mass is 19.1. The number of nitrogens with two attached hydrogens (primary N) is 1. The molecule has 1 atom stereocenters. The second-order valence-electron chi connectivity index (χ2n) is 5.63. The van der Waals surface area contributed by atoms with Gasteiger partial charge >= 0.3 is 0 Å². The van der Waals surface area contributed by atoms with Crippen molar-refractivity contribution in [3.05, 3.63) is 77.7 Å². The van der Waals surface area contributed by atoms with Gasteiger partial charge in [0.15, 0.2) is 0 Å². The third-order valence-electron chi connectivity index (χ3n) is 3.90. The molecule has 0 aliphatic heterocycles. The molecular weight excluding hydrogens is 321 g/mol. The van der Waals surface area contributed by atoms with Crippen LogP contribution in [-0.2, 0) is 11.2 Å². The number of rotatable bonds is 5. The van der Waals surface area contributed by atoms with Gasteiger partial charge in [0.25, 0.3) is 5.91 Å². The normalized spacial score (nSPS) is 11.9. The van der Waals surface area contributed by atoms with Gasteiger partial charge in [0.05, 0.1) is 11.1 Å². The number of benzene rings is 2. The van der Waals surface area contributed by atoms with Crippen LogP contribution in [0.5, 0.6) is 0 Å². The summed E-state index contributed by atoms with van der Waals surface area (Å²) in [5, 5.41) is 3.34. The summed E-state index contributed by atoms with van der Waals surface area (Å²) in [4.78, 5) is 28.5. The first kappa shape index (κ1) is 16.6. The molecule has 0 unspecified atom stereocenters. The van der Waals surface area contributed by atoms with Crippen LogP contribution in [-0.4, -0.2) is 22.8 Å². The summed E-state index contributed by atoms with van der Waals surface area (Å²) in [7, 11) is 0. The summed E-state index contributed by atoms with van der Waals surface area (Å²) in [6, 6.07) is 13.6. The van der Waals surface area contributed by atoms with Gasteiger partial charge in [-0.3, -0.25) is 14.6 Å². The lowest BCUT2D eigenvalue weighted by molar-refractivity contribution is -0.119. The van der Waals surface area contributed by atoms with Gasteiger partial charge < -0.3 is 11.1 Å². The zero-order chi connectivity index (χ0) is 17.8. The van der Waals surface area contributed by atoms with Gasteiger partial charge in [0.1, 0.15) is 11.9 Å². The minimum Gasteiger partial charge on any atom is -0.368 e. The Hall–Kier alpha value is -3.28. The molecule has 3 aromatic rings. The van der Waals surface area contributed by atoms with Crippen molar-refractivity contribution >= 4 is 22.7 Å². The maximum atomic E-state index is 13.0. The van der Waals surface area contributed by atoms with Crippen LogP contribution in [0.15, 0.2) is 60.8 Å². The molecule has 0 fully saturated rings. The Bertz CT molecular complexity index is 920. The van der Waals surface area contributed by atoms with E-state index in [0.29, 0.717) is 22.0 Å². The van der Waals surface area contributed by atoms with Crippen molar-refractivity contribution in [3.8, 4) is 0 Å². The van der Waals surface area contributed by atoms with Crippen molar-refractivity contribution in [2.75, 3.05) is 0 Å². The molecule has 3 N–H and O–H groups in total. The Morgan fingerprint density at radius 2 is 1.80 bits per heavy atom. The maximum Gasteiger partial charge on any atom is 0.252 e. The van der Waals surface area contributed by atoms with Crippen LogP contribution in [0.3, 0.4) is 0 Å². The molecule has 1 aromatic heterocycles. The number of carbonyl (C=O) groups is 2. The van der Waals surface area contributed by atoms with E-state index in [1.165, 1.54) is 18.3 Å². The van der Waals surface area contributed by atoms with Crippen molar-refractivity contribution in [2.45, 2.75) is 12.5 Å². The minimum atomic E-state index is -0.898. The Balaban J connectivity index is 1.83. The van der Waals surface area contributed by atoms with Crippen molar-refractivity contribution in [1.29, 1.82) is 0 Å². The van der Waals surface area contributed by atoms with Crippen LogP contribution in [0.2, 0.25) is 0 Å². The quantitative estimate of drug-likeness (QED) is 0.748. The number of nitrogens with zero attached hydrogens (tertiary/aromatic N) is 1. The van der Waals surface area contributed by atoms with Crippen molar-refractivity contribution in [2.24, 2.45) is 5.73 Å². The average Bonchev–Trinajstić information content (AvgIpc) is 2.62. The number of hydrogen-bond acceptors (Lipinski definition) is 3. The predicted molar refractivity (Wildman–Crippen MR) is 92.3 cm³/mol. The molecule has 3 rings (SSSR count). The average molecular weight is 337 g/mol. The summed E-state index contributed by atoms with van der Waals surface area (Å²) in [6.07, 6.45) is 1.72. The van der Waals surface area contributed by atoms with E-state index in [9.17, 15) is 14.0 Å². The molecule has 0 spiro atoms. The number of carbonyl (C=O) groups excluding carboxylic acids is 2. The standard InChI is InChI=1S/C19H16FN3O2/c20-13-7-5-12(6-8-13)11-17(18(21)24)23-19(25)15-9-10-22-16-4-2-1-3-14(15)16/h1-10,17H,11H2,(H2,21,24)(H,23,25)/t17-/m0/s1.